The zero-order valence-electron chi connectivity index (χ0n) is 15.8. The molecule has 9 heteroatoms. The van der Waals surface area contributed by atoms with E-state index in [4.69, 9.17) is 11.6 Å². The summed E-state index contributed by atoms with van der Waals surface area (Å²) in [5, 5.41) is 23.1. The van der Waals surface area contributed by atoms with Gasteiger partial charge in [0.25, 0.3) is 0 Å². The zero-order chi connectivity index (χ0) is 19.7. The Balaban J connectivity index is 1.46. The van der Waals surface area contributed by atoms with Crippen LogP contribution in [0.4, 0.5) is 10.9 Å². The maximum atomic E-state index is 6.26. The predicted octanol–water partition coefficient (Wildman–Crippen LogP) is 4.60. The van der Waals surface area contributed by atoms with Gasteiger partial charge in [0.1, 0.15) is 11.0 Å². The van der Waals surface area contributed by atoms with Crippen LogP contribution in [0.1, 0.15) is 34.9 Å². The standard InChI is InChI=1S/C19H20ClN7S/c1-12-17(20)13(2)27(24-12)14(3)18-22-23-19(28-18)21-16-9-10-26(25-16)11-15-7-5-4-6-8-15/h4-10,14H,11H2,1-3H3,(H,21,23,25). The van der Waals surface area contributed by atoms with Crippen molar-refractivity contribution >= 4 is 33.9 Å². The minimum atomic E-state index is -0.0464. The van der Waals surface area contributed by atoms with E-state index in [9.17, 15) is 0 Å². The highest BCUT2D eigenvalue weighted by molar-refractivity contribution is 7.15. The summed E-state index contributed by atoms with van der Waals surface area (Å²) < 4.78 is 3.77. The second kappa shape index (κ2) is 7.73. The molecule has 0 saturated heterocycles. The van der Waals surface area contributed by atoms with Crippen LogP contribution >= 0.6 is 22.9 Å². The van der Waals surface area contributed by atoms with E-state index in [1.54, 1.807) is 0 Å². The third-order valence-corrected chi connectivity index (χ3v) is 6.02. The average molecular weight is 414 g/mol. The maximum absolute atomic E-state index is 6.26. The second-order valence-electron chi connectivity index (χ2n) is 6.56. The van der Waals surface area contributed by atoms with Gasteiger partial charge in [-0.05, 0) is 26.3 Å². The molecule has 0 amide bonds. The Hall–Kier alpha value is -2.71. The van der Waals surface area contributed by atoms with Crippen molar-refractivity contribution in [2.75, 3.05) is 5.32 Å². The number of nitrogens with zero attached hydrogens (tertiary/aromatic N) is 6. The van der Waals surface area contributed by atoms with Gasteiger partial charge in [0.2, 0.25) is 5.13 Å². The number of aromatic nitrogens is 6. The third kappa shape index (κ3) is 3.79. The normalized spacial score (nSPS) is 12.3. The lowest BCUT2D eigenvalue weighted by atomic mass is 10.2. The first kappa shape index (κ1) is 18.6. The molecule has 0 spiro atoms. The number of hydrogen-bond acceptors (Lipinski definition) is 6. The first-order valence-electron chi connectivity index (χ1n) is 8.90. The molecule has 4 rings (SSSR count). The molecule has 0 aliphatic rings. The fourth-order valence-electron chi connectivity index (χ4n) is 2.97. The van der Waals surface area contributed by atoms with Gasteiger partial charge in [-0.1, -0.05) is 53.3 Å². The number of benzene rings is 1. The average Bonchev–Trinajstić information content (AvgIpc) is 3.40. The van der Waals surface area contributed by atoms with E-state index in [2.05, 4.69) is 37.8 Å². The van der Waals surface area contributed by atoms with Crippen LogP contribution in [0, 0.1) is 13.8 Å². The summed E-state index contributed by atoms with van der Waals surface area (Å²) in [6, 6.07) is 12.1. The molecule has 1 N–H and O–H groups in total. The molecule has 0 bridgehead atoms. The topological polar surface area (TPSA) is 73.5 Å². The van der Waals surface area contributed by atoms with Crippen LogP contribution in [0.5, 0.6) is 0 Å². The fourth-order valence-corrected chi connectivity index (χ4v) is 3.89. The molecular weight excluding hydrogens is 394 g/mol. The summed E-state index contributed by atoms with van der Waals surface area (Å²) in [5.74, 6) is 0.737. The molecule has 28 heavy (non-hydrogen) atoms. The first-order valence-corrected chi connectivity index (χ1v) is 10.1. The number of hydrogen-bond donors (Lipinski definition) is 1. The number of halogens is 1. The van der Waals surface area contributed by atoms with E-state index < -0.39 is 0 Å². The number of rotatable bonds is 6. The Morgan fingerprint density at radius 2 is 1.89 bits per heavy atom. The summed E-state index contributed by atoms with van der Waals surface area (Å²) >= 11 is 7.75. The van der Waals surface area contributed by atoms with Crippen LogP contribution in [-0.2, 0) is 6.54 Å². The van der Waals surface area contributed by atoms with Crippen molar-refractivity contribution < 1.29 is 0 Å². The van der Waals surface area contributed by atoms with Gasteiger partial charge < -0.3 is 5.32 Å². The fraction of sp³-hybridized carbons (Fsp3) is 0.263. The van der Waals surface area contributed by atoms with E-state index in [1.807, 2.05) is 60.6 Å². The Kier molecular flexibility index (Phi) is 5.15. The van der Waals surface area contributed by atoms with E-state index in [-0.39, 0.29) is 6.04 Å². The minimum absolute atomic E-state index is 0.0464. The monoisotopic (exact) mass is 413 g/mol. The van der Waals surface area contributed by atoms with Crippen LogP contribution in [0.2, 0.25) is 5.02 Å². The molecule has 3 aromatic heterocycles. The largest absolute Gasteiger partial charge is 0.313 e. The van der Waals surface area contributed by atoms with E-state index >= 15 is 0 Å². The Bertz CT molecular complexity index is 1080. The van der Waals surface area contributed by atoms with Gasteiger partial charge in [0, 0.05) is 12.3 Å². The van der Waals surface area contributed by atoms with Crippen molar-refractivity contribution in [2.45, 2.75) is 33.4 Å². The van der Waals surface area contributed by atoms with Crippen LogP contribution in [0.25, 0.3) is 0 Å². The van der Waals surface area contributed by atoms with E-state index in [0.717, 1.165) is 28.8 Å². The Morgan fingerprint density at radius 1 is 1.11 bits per heavy atom. The number of nitrogens with one attached hydrogen (secondary N) is 1. The number of aryl methyl sites for hydroxylation is 1. The summed E-state index contributed by atoms with van der Waals surface area (Å²) in [6.45, 7) is 6.62. The highest BCUT2D eigenvalue weighted by Crippen LogP contribution is 2.29. The SMILES string of the molecule is Cc1nn(C(C)c2nnc(Nc3ccn(Cc4ccccc4)n3)s2)c(C)c1Cl. The van der Waals surface area contributed by atoms with Crippen molar-refractivity contribution in [3.63, 3.8) is 0 Å². The minimum Gasteiger partial charge on any atom is -0.313 e. The van der Waals surface area contributed by atoms with Crippen LogP contribution in [-0.4, -0.2) is 29.8 Å². The molecule has 1 atom stereocenters. The molecule has 7 nitrogen and oxygen atoms in total. The number of anilines is 2. The molecule has 1 unspecified atom stereocenters. The molecule has 0 radical (unpaired) electrons. The second-order valence-corrected chi connectivity index (χ2v) is 7.95. The molecule has 4 aromatic rings. The van der Waals surface area contributed by atoms with Crippen LogP contribution in [0.15, 0.2) is 42.6 Å². The van der Waals surface area contributed by atoms with Crippen molar-refractivity contribution in [3.8, 4) is 0 Å². The lowest BCUT2D eigenvalue weighted by Crippen LogP contribution is -2.10. The van der Waals surface area contributed by atoms with Gasteiger partial charge in [-0.25, -0.2) is 0 Å². The molecule has 144 valence electrons. The first-order chi connectivity index (χ1) is 13.5. The predicted molar refractivity (Wildman–Crippen MR) is 111 cm³/mol. The highest BCUT2D eigenvalue weighted by Gasteiger charge is 2.19. The van der Waals surface area contributed by atoms with Crippen molar-refractivity contribution in [3.05, 3.63) is 69.6 Å². The van der Waals surface area contributed by atoms with Gasteiger partial charge in [-0.15, -0.1) is 10.2 Å². The summed E-state index contributed by atoms with van der Waals surface area (Å²) in [5.41, 5.74) is 2.95. The van der Waals surface area contributed by atoms with E-state index in [0.29, 0.717) is 10.2 Å². The molecule has 0 aliphatic carbocycles. The van der Waals surface area contributed by atoms with Crippen molar-refractivity contribution in [1.29, 1.82) is 0 Å². The van der Waals surface area contributed by atoms with Gasteiger partial charge in [-0.2, -0.15) is 10.2 Å². The highest BCUT2D eigenvalue weighted by atomic mass is 35.5. The molecule has 3 heterocycles. The lowest BCUT2D eigenvalue weighted by Gasteiger charge is -2.10. The molecule has 0 saturated carbocycles. The van der Waals surface area contributed by atoms with Gasteiger partial charge in [-0.3, -0.25) is 9.36 Å². The Morgan fingerprint density at radius 3 is 2.61 bits per heavy atom. The maximum Gasteiger partial charge on any atom is 0.211 e. The molecule has 0 fully saturated rings. The molecular formula is C19H20ClN7S. The summed E-state index contributed by atoms with van der Waals surface area (Å²) in [7, 11) is 0. The van der Waals surface area contributed by atoms with Crippen LogP contribution in [0.3, 0.4) is 0 Å². The van der Waals surface area contributed by atoms with Gasteiger partial charge in [0.05, 0.1) is 23.0 Å². The van der Waals surface area contributed by atoms with Gasteiger partial charge in [0.15, 0.2) is 5.82 Å². The van der Waals surface area contributed by atoms with Crippen molar-refractivity contribution in [1.82, 2.24) is 29.8 Å². The summed E-state index contributed by atoms with van der Waals surface area (Å²) in [4.78, 5) is 0. The van der Waals surface area contributed by atoms with Crippen molar-refractivity contribution in [2.24, 2.45) is 0 Å². The van der Waals surface area contributed by atoms with Crippen LogP contribution < -0.4 is 5.32 Å². The lowest BCUT2D eigenvalue weighted by molar-refractivity contribution is 0.540. The Labute approximate surface area is 172 Å². The summed E-state index contributed by atoms with van der Waals surface area (Å²) in [6.07, 6.45) is 1.94. The van der Waals surface area contributed by atoms with Gasteiger partial charge >= 0.3 is 0 Å². The molecule has 1 aromatic carbocycles. The zero-order valence-corrected chi connectivity index (χ0v) is 17.4. The quantitative estimate of drug-likeness (QED) is 0.500. The van der Waals surface area contributed by atoms with E-state index in [1.165, 1.54) is 16.9 Å². The molecule has 0 aliphatic heterocycles. The third-order valence-electron chi connectivity index (χ3n) is 4.46. The smallest absolute Gasteiger partial charge is 0.211 e.